The first-order chi connectivity index (χ1) is 10.4. The van der Waals surface area contributed by atoms with Gasteiger partial charge in [0.25, 0.3) is 0 Å². The zero-order valence-corrected chi connectivity index (χ0v) is 11.9. The third-order valence-electron chi connectivity index (χ3n) is 2.78. The lowest BCUT2D eigenvalue weighted by molar-refractivity contribution is 0.940. The Morgan fingerprint density at radius 1 is 0.667 bits per heavy atom. The van der Waals surface area contributed by atoms with E-state index in [1.165, 1.54) is 0 Å². The number of hydrogen-bond donors (Lipinski definition) is 2. The van der Waals surface area contributed by atoms with Gasteiger partial charge in [-0.1, -0.05) is 36.4 Å². The molecule has 2 N–H and O–H groups in total. The molecule has 4 heteroatoms. The van der Waals surface area contributed by atoms with Gasteiger partial charge in [0, 0.05) is 12.4 Å². The summed E-state index contributed by atoms with van der Waals surface area (Å²) in [5.74, 6) is 0. The lowest BCUT2D eigenvalue weighted by Crippen LogP contribution is -1.90. The molecule has 0 amide bonds. The molecule has 0 aliphatic carbocycles. The van der Waals surface area contributed by atoms with Crippen molar-refractivity contribution in [2.75, 3.05) is 10.9 Å². The Morgan fingerprint density at radius 2 is 1.10 bits per heavy atom. The van der Waals surface area contributed by atoms with Gasteiger partial charge in [0.05, 0.1) is 11.4 Å². The minimum absolute atomic E-state index is 0.928. The molecular formula is C17H20N4. The summed E-state index contributed by atoms with van der Waals surface area (Å²) in [6, 6.07) is 19.8. The minimum atomic E-state index is 0.928. The molecule has 0 heterocycles. The number of benzene rings is 2. The number of nitrogens with zero attached hydrogens (tertiary/aromatic N) is 2. The number of rotatable bonds is 8. The lowest BCUT2D eigenvalue weighted by Gasteiger charge is -1.98. The van der Waals surface area contributed by atoms with E-state index in [0.29, 0.717) is 0 Å². The topological polar surface area (TPSA) is 48.8 Å². The number of unbranched alkanes of at least 4 members (excludes halogenated alkanes) is 2. The Bertz CT molecular complexity index is 498. The fourth-order valence-corrected chi connectivity index (χ4v) is 1.70. The molecule has 0 bridgehead atoms. The maximum absolute atomic E-state index is 4.17. The van der Waals surface area contributed by atoms with Gasteiger partial charge in [-0.2, -0.15) is 10.2 Å². The molecule has 0 radical (unpaired) electrons. The van der Waals surface area contributed by atoms with E-state index in [1.54, 1.807) is 0 Å². The Kier molecular flexibility index (Phi) is 6.55. The molecule has 0 unspecified atom stereocenters. The van der Waals surface area contributed by atoms with Gasteiger partial charge in [-0.25, -0.2) is 0 Å². The summed E-state index contributed by atoms with van der Waals surface area (Å²) in [4.78, 5) is 0. The van der Waals surface area contributed by atoms with Crippen LogP contribution >= 0.6 is 0 Å². The highest BCUT2D eigenvalue weighted by atomic mass is 15.3. The number of nitrogens with one attached hydrogen (secondary N) is 2. The van der Waals surface area contributed by atoms with E-state index in [0.717, 1.165) is 30.6 Å². The third kappa shape index (κ3) is 6.38. The van der Waals surface area contributed by atoms with E-state index in [1.807, 2.05) is 73.1 Å². The van der Waals surface area contributed by atoms with E-state index >= 15 is 0 Å². The summed E-state index contributed by atoms with van der Waals surface area (Å²) in [5, 5.41) is 8.34. The van der Waals surface area contributed by atoms with E-state index in [9.17, 15) is 0 Å². The molecule has 108 valence electrons. The van der Waals surface area contributed by atoms with Crippen LogP contribution in [0.3, 0.4) is 0 Å². The van der Waals surface area contributed by atoms with Crippen LogP contribution in [0.4, 0.5) is 11.4 Å². The predicted molar refractivity (Wildman–Crippen MR) is 91.0 cm³/mol. The number of anilines is 2. The molecular weight excluding hydrogens is 260 g/mol. The summed E-state index contributed by atoms with van der Waals surface area (Å²) in [6.45, 7) is 0. The average Bonchev–Trinajstić information content (AvgIpc) is 2.55. The molecule has 0 saturated heterocycles. The maximum atomic E-state index is 4.17. The summed E-state index contributed by atoms with van der Waals surface area (Å²) in [5.41, 5.74) is 7.99. The van der Waals surface area contributed by atoms with E-state index in [2.05, 4.69) is 21.1 Å². The fraction of sp³-hybridized carbons (Fsp3) is 0.176. The van der Waals surface area contributed by atoms with Crippen LogP contribution in [0.1, 0.15) is 19.3 Å². The smallest absolute Gasteiger partial charge is 0.0561 e. The number of hydrazone groups is 2. The van der Waals surface area contributed by atoms with Gasteiger partial charge >= 0.3 is 0 Å². The maximum Gasteiger partial charge on any atom is 0.0561 e. The summed E-state index contributed by atoms with van der Waals surface area (Å²) in [6.07, 6.45) is 6.67. The van der Waals surface area contributed by atoms with Gasteiger partial charge in [0.15, 0.2) is 0 Å². The van der Waals surface area contributed by atoms with Gasteiger partial charge in [0.1, 0.15) is 0 Å². The third-order valence-corrected chi connectivity index (χ3v) is 2.78. The van der Waals surface area contributed by atoms with Crippen molar-refractivity contribution in [3.05, 3.63) is 60.7 Å². The summed E-state index contributed by atoms with van der Waals surface area (Å²) in [7, 11) is 0. The van der Waals surface area contributed by atoms with Crippen molar-refractivity contribution in [1.82, 2.24) is 0 Å². The van der Waals surface area contributed by atoms with E-state index < -0.39 is 0 Å². The monoisotopic (exact) mass is 280 g/mol. The number of para-hydroxylation sites is 2. The standard InChI is InChI=1S/C17H20N4/c1-4-10-16(11-5-1)20-18-14-8-3-9-15-19-21-17-12-6-2-7-13-17/h1-2,4-7,10-15,20-21H,3,8-9H2/b18-14-,19-15-. The molecule has 21 heavy (non-hydrogen) atoms. The van der Waals surface area contributed by atoms with Gasteiger partial charge < -0.3 is 0 Å². The van der Waals surface area contributed by atoms with Crippen LogP contribution in [0.25, 0.3) is 0 Å². The Hall–Kier alpha value is -2.62. The predicted octanol–water partition coefficient (Wildman–Crippen LogP) is 4.35. The highest BCUT2D eigenvalue weighted by Gasteiger charge is 1.86. The van der Waals surface area contributed by atoms with E-state index in [4.69, 9.17) is 0 Å². The summed E-state index contributed by atoms with van der Waals surface area (Å²) >= 11 is 0. The second-order valence-corrected chi connectivity index (χ2v) is 4.51. The fourth-order valence-electron chi connectivity index (χ4n) is 1.70. The van der Waals surface area contributed by atoms with Crippen LogP contribution in [0, 0.1) is 0 Å². The highest BCUT2D eigenvalue weighted by Crippen LogP contribution is 2.05. The SMILES string of the molecule is C(/CCC/C=N\Nc1ccccc1)=N/Nc1ccccc1. The lowest BCUT2D eigenvalue weighted by atomic mass is 10.3. The molecule has 0 saturated carbocycles. The Morgan fingerprint density at radius 3 is 1.52 bits per heavy atom. The van der Waals surface area contributed by atoms with Crippen LogP contribution in [0.5, 0.6) is 0 Å². The highest BCUT2D eigenvalue weighted by molar-refractivity contribution is 5.62. The molecule has 0 spiro atoms. The zero-order chi connectivity index (χ0) is 14.6. The van der Waals surface area contributed by atoms with Crippen molar-refractivity contribution in [3.8, 4) is 0 Å². The van der Waals surface area contributed by atoms with Crippen LogP contribution in [-0.2, 0) is 0 Å². The average molecular weight is 280 g/mol. The minimum Gasteiger partial charge on any atom is -0.279 e. The molecule has 4 nitrogen and oxygen atoms in total. The van der Waals surface area contributed by atoms with Crippen molar-refractivity contribution in [1.29, 1.82) is 0 Å². The first-order valence-corrected chi connectivity index (χ1v) is 7.10. The first kappa shape index (κ1) is 14.8. The van der Waals surface area contributed by atoms with Crippen LogP contribution in [0.15, 0.2) is 70.9 Å². The van der Waals surface area contributed by atoms with Crippen molar-refractivity contribution in [3.63, 3.8) is 0 Å². The van der Waals surface area contributed by atoms with Crippen molar-refractivity contribution >= 4 is 23.8 Å². The largest absolute Gasteiger partial charge is 0.279 e. The van der Waals surface area contributed by atoms with Gasteiger partial charge in [-0.15, -0.1) is 0 Å². The Labute approximate surface area is 125 Å². The molecule has 2 aromatic rings. The second kappa shape index (κ2) is 9.31. The molecule has 2 rings (SSSR count). The molecule has 0 aromatic heterocycles. The van der Waals surface area contributed by atoms with E-state index in [-0.39, 0.29) is 0 Å². The van der Waals surface area contributed by atoms with Crippen LogP contribution < -0.4 is 10.9 Å². The van der Waals surface area contributed by atoms with Gasteiger partial charge in [-0.05, 0) is 43.5 Å². The number of hydrogen-bond acceptors (Lipinski definition) is 4. The zero-order valence-electron chi connectivity index (χ0n) is 11.9. The normalized spacial score (nSPS) is 11.0. The molecule has 0 aliphatic rings. The summed E-state index contributed by atoms with van der Waals surface area (Å²) < 4.78 is 0. The van der Waals surface area contributed by atoms with Crippen molar-refractivity contribution in [2.24, 2.45) is 10.2 Å². The van der Waals surface area contributed by atoms with Crippen LogP contribution in [0.2, 0.25) is 0 Å². The van der Waals surface area contributed by atoms with Crippen LogP contribution in [-0.4, -0.2) is 12.4 Å². The van der Waals surface area contributed by atoms with Gasteiger partial charge in [0.2, 0.25) is 0 Å². The first-order valence-electron chi connectivity index (χ1n) is 7.10. The molecule has 0 fully saturated rings. The Balaban J connectivity index is 1.54. The van der Waals surface area contributed by atoms with Gasteiger partial charge in [-0.3, -0.25) is 10.9 Å². The van der Waals surface area contributed by atoms with Crippen molar-refractivity contribution in [2.45, 2.75) is 19.3 Å². The molecule has 2 aromatic carbocycles. The quantitative estimate of drug-likeness (QED) is 0.429. The second-order valence-electron chi connectivity index (χ2n) is 4.51. The molecule has 0 atom stereocenters. The van der Waals surface area contributed by atoms with Crippen molar-refractivity contribution < 1.29 is 0 Å². The molecule has 0 aliphatic heterocycles.